The van der Waals surface area contributed by atoms with E-state index in [2.05, 4.69) is 9.97 Å². The van der Waals surface area contributed by atoms with Gasteiger partial charge < -0.3 is 14.6 Å². The summed E-state index contributed by atoms with van der Waals surface area (Å²) in [6.07, 6.45) is 1.77. The number of rotatable bonds is 3. The average molecular weight is 387 g/mol. The second-order valence-corrected chi connectivity index (χ2v) is 7.55. The second kappa shape index (κ2) is 6.31. The van der Waals surface area contributed by atoms with Crippen LogP contribution in [-0.4, -0.2) is 32.0 Å². The molecule has 0 saturated heterocycles. The Bertz CT molecular complexity index is 1240. The van der Waals surface area contributed by atoms with Gasteiger partial charge in [0.25, 0.3) is 0 Å². The van der Waals surface area contributed by atoms with E-state index in [1.165, 1.54) is 11.3 Å². The monoisotopic (exact) mass is 387 g/mol. The molecular formula is C21H17N5OS. The largest absolute Gasteiger partial charge is 0.510 e. The van der Waals surface area contributed by atoms with Crippen LogP contribution in [0, 0.1) is 5.41 Å². The van der Waals surface area contributed by atoms with Crippen LogP contribution >= 0.6 is 11.3 Å². The fourth-order valence-corrected chi connectivity index (χ4v) is 4.34. The van der Waals surface area contributed by atoms with E-state index in [0.29, 0.717) is 10.6 Å². The third kappa shape index (κ3) is 2.59. The molecule has 0 unspecified atom stereocenters. The molecule has 0 spiro atoms. The van der Waals surface area contributed by atoms with Gasteiger partial charge in [-0.15, -0.1) is 11.3 Å². The van der Waals surface area contributed by atoms with E-state index in [-0.39, 0.29) is 18.1 Å². The second-order valence-electron chi connectivity index (χ2n) is 6.69. The number of fused-ring (bicyclic) bond motifs is 1. The van der Waals surface area contributed by atoms with Crippen molar-refractivity contribution < 1.29 is 5.11 Å². The van der Waals surface area contributed by atoms with Gasteiger partial charge in [0.1, 0.15) is 16.6 Å². The van der Waals surface area contributed by atoms with Gasteiger partial charge in [-0.25, -0.2) is 9.97 Å². The van der Waals surface area contributed by atoms with Crippen LogP contribution in [-0.2, 0) is 7.05 Å². The lowest BCUT2D eigenvalue weighted by Crippen LogP contribution is -2.25. The minimum absolute atomic E-state index is 0.167. The zero-order valence-electron chi connectivity index (χ0n) is 15.1. The van der Waals surface area contributed by atoms with E-state index in [9.17, 15) is 5.11 Å². The van der Waals surface area contributed by atoms with Gasteiger partial charge in [0.15, 0.2) is 0 Å². The van der Waals surface area contributed by atoms with Gasteiger partial charge in [-0.3, -0.25) is 5.41 Å². The van der Waals surface area contributed by atoms with E-state index < -0.39 is 0 Å². The lowest BCUT2D eigenvalue weighted by atomic mass is 10.2. The Kier molecular flexibility index (Phi) is 3.77. The SMILES string of the molecule is Cn1cnc2cc(N3CC(O)=C(c4nc(-c5ccccc5)cs4)C3=N)ccc21. The topological polar surface area (TPSA) is 78.0 Å². The Morgan fingerprint density at radius 1 is 1.14 bits per heavy atom. The molecule has 28 heavy (non-hydrogen) atoms. The summed E-state index contributed by atoms with van der Waals surface area (Å²) in [7, 11) is 1.95. The molecule has 3 heterocycles. The number of anilines is 1. The Morgan fingerprint density at radius 3 is 2.79 bits per heavy atom. The molecule has 2 aromatic heterocycles. The van der Waals surface area contributed by atoms with Crippen molar-refractivity contribution in [2.24, 2.45) is 7.05 Å². The highest BCUT2D eigenvalue weighted by molar-refractivity contribution is 7.11. The first-order chi connectivity index (χ1) is 13.6. The fourth-order valence-electron chi connectivity index (χ4n) is 3.45. The van der Waals surface area contributed by atoms with Crippen LogP contribution in [0.4, 0.5) is 5.69 Å². The highest BCUT2D eigenvalue weighted by Gasteiger charge is 2.31. The molecule has 1 aliphatic rings. The van der Waals surface area contributed by atoms with Gasteiger partial charge in [-0.2, -0.15) is 0 Å². The van der Waals surface area contributed by atoms with Crippen LogP contribution in [0.25, 0.3) is 27.9 Å². The van der Waals surface area contributed by atoms with Crippen molar-refractivity contribution in [3.8, 4) is 11.3 Å². The Hall–Kier alpha value is -3.45. The predicted molar refractivity (Wildman–Crippen MR) is 113 cm³/mol. The maximum atomic E-state index is 10.6. The molecule has 1 aliphatic heterocycles. The third-order valence-electron chi connectivity index (χ3n) is 4.91. The summed E-state index contributed by atoms with van der Waals surface area (Å²) in [5.74, 6) is 0.418. The first-order valence-electron chi connectivity index (χ1n) is 8.83. The first-order valence-corrected chi connectivity index (χ1v) is 9.71. The number of aryl methyl sites for hydroxylation is 1. The van der Waals surface area contributed by atoms with Gasteiger partial charge in [-0.1, -0.05) is 30.3 Å². The predicted octanol–water partition coefficient (Wildman–Crippen LogP) is 4.46. The Morgan fingerprint density at radius 2 is 1.96 bits per heavy atom. The molecule has 0 amide bonds. The summed E-state index contributed by atoms with van der Waals surface area (Å²) in [5.41, 5.74) is 5.08. The lowest BCUT2D eigenvalue weighted by Gasteiger charge is -2.18. The molecule has 0 radical (unpaired) electrons. The standard InChI is InChI=1S/C21H17N5OS/c1-25-12-23-15-9-14(7-8-17(15)25)26-10-18(27)19(20(26)22)21-24-16(11-28-21)13-5-3-2-4-6-13/h2-9,11-12,22,27H,10H2,1H3. The summed E-state index contributed by atoms with van der Waals surface area (Å²) in [5, 5.41) is 21.8. The molecular weight excluding hydrogens is 370 g/mol. The van der Waals surface area contributed by atoms with Crippen LogP contribution in [0.3, 0.4) is 0 Å². The fraction of sp³-hybridized carbons (Fsp3) is 0.0952. The number of nitrogens with one attached hydrogen (secondary N) is 1. The summed E-state index contributed by atoms with van der Waals surface area (Å²) in [6.45, 7) is 0.257. The van der Waals surface area contributed by atoms with Gasteiger partial charge >= 0.3 is 0 Å². The third-order valence-corrected chi connectivity index (χ3v) is 5.77. The number of aliphatic hydroxyl groups excluding tert-OH is 1. The number of hydrogen-bond donors (Lipinski definition) is 2. The minimum atomic E-state index is 0.167. The van der Waals surface area contributed by atoms with Crippen LogP contribution in [0.15, 0.2) is 66.0 Å². The van der Waals surface area contributed by atoms with Crippen molar-refractivity contribution in [1.82, 2.24) is 14.5 Å². The van der Waals surface area contributed by atoms with Crippen molar-refractivity contribution in [1.29, 1.82) is 5.41 Å². The van der Waals surface area contributed by atoms with Gasteiger partial charge in [0.2, 0.25) is 0 Å². The molecule has 2 aromatic carbocycles. The van der Waals surface area contributed by atoms with Crippen molar-refractivity contribution in [3.63, 3.8) is 0 Å². The zero-order chi connectivity index (χ0) is 19.3. The molecule has 138 valence electrons. The summed E-state index contributed by atoms with van der Waals surface area (Å²) in [4.78, 5) is 10.8. The van der Waals surface area contributed by atoms with Crippen molar-refractivity contribution >= 4 is 39.5 Å². The smallest absolute Gasteiger partial charge is 0.139 e. The molecule has 7 heteroatoms. The number of nitrogens with zero attached hydrogens (tertiary/aromatic N) is 4. The van der Waals surface area contributed by atoms with Crippen molar-refractivity contribution in [3.05, 3.63) is 71.0 Å². The maximum absolute atomic E-state index is 10.6. The lowest BCUT2D eigenvalue weighted by molar-refractivity contribution is 0.411. The van der Waals surface area contributed by atoms with E-state index in [1.54, 1.807) is 11.2 Å². The zero-order valence-corrected chi connectivity index (χ0v) is 15.9. The van der Waals surface area contributed by atoms with Gasteiger partial charge in [0.05, 0.1) is 35.2 Å². The first kappa shape index (κ1) is 16.7. The molecule has 0 fully saturated rings. The number of hydrogen-bond acceptors (Lipinski definition) is 5. The number of aromatic nitrogens is 3. The average Bonchev–Trinajstić information content (AvgIpc) is 3.40. The Balaban J connectivity index is 1.47. The van der Waals surface area contributed by atoms with Crippen LogP contribution in [0.2, 0.25) is 0 Å². The number of imidazole rings is 1. The number of amidine groups is 1. The number of thiazole rings is 1. The van der Waals surface area contributed by atoms with E-state index in [4.69, 9.17) is 5.41 Å². The summed E-state index contributed by atoms with van der Waals surface area (Å²) in [6, 6.07) is 15.8. The maximum Gasteiger partial charge on any atom is 0.139 e. The highest BCUT2D eigenvalue weighted by Crippen LogP contribution is 2.35. The quantitative estimate of drug-likeness (QED) is 0.544. The summed E-state index contributed by atoms with van der Waals surface area (Å²) >= 11 is 1.44. The van der Waals surface area contributed by atoms with Crippen molar-refractivity contribution in [2.45, 2.75) is 0 Å². The van der Waals surface area contributed by atoms with Gasteiger partial charge in [0, 0.05) is 23.7 Å². The molecule has 6 nitrogen and oxygen atoms in total. The van der Waals surface area contributed by atoms with E-state index in [0.717, 1.165) is 28.0 Å². The molecule has 0 atom stereocenters. The van der Waals surface area contributed by atoms with Crippen LogP contribution in [0.5, 0.6) is 0 Å². The molecule has 0 bridgehead atoms. The molecule has 5 rings (SSSR count). The number of aliphatic hydroxyl groups is 1. The summed E-state index contributed by atoms with van der Waals surface area (Å²) < 4.78 is 1.95. The van der Waals surface area contributed by atoms with Crippen molar-refractivity contribution in [2.75, 3.05) is 11.4 Å². The van der Waals surface area contributed by atoms with E-state index in [1.807, 2.05) is 65.5 Å². The molecule has 0 aliphatic carbocycles. The molecule has 0 saturated carbocycles. The van der Waals surface area contributed by atoms with Gasteiger partial charge in [-0.05, 0) is 18.2 Å². The van der Waals surface area contributed by atoms with Crippen LogP contribution in [0.1, 0.15) is 5.01 Å². The van der Waals surface area contributed by atoms with E-state index >= 15 is 0 Å². The number of benzene rings is 2. The Labute approximate surface area is 165 Å². The normalized spacial score (nSPS) is 14.5. The molecule has 4 aromatic rings. The molecule has 2 N–H and O–H groups in total. The van der Waals surface area contributed by atoms with Crippen LogP contribution < -0.4 is 4.90 Å². The minimum Gasteiger partial charge on any atom is -0.510 e. The highest BCUT2D eigenvalue weighted by atomic mass is 32.1.